The van der Waals surface area contributed by atoms with Crippen LogP contribution >= 0.6 is 0 Å². The van der Waals surface area contributed by atoms with E-state index in [9.17, 15) is 0 Å². The van der Waals surface area contributed by atoms with Crippen molar-refractivity contribution < 1.29 is 0 Å². The number of nitrogens with zero attached hydrogens (tertiary/aromatic N) is 1. The Morgan fingerprint density at radius 1 is 1.15 bits per heavy atom. The van der Waals surface area contributed by atoms with Gasteiger partial charge in [-0.15, -0.1) is 0 Å². The van der Waals surface area contributed by atoms with Gasteiger partial charge in [-0.1, -0.05) is 0 Å². The SMILES string of the molecule is N=C([Se])c1ccc2ccccc2n1. The summed E-state index contributed by atoms with van der Waals surface area (Å²) in [5.74, 6) is 0. The predicted octanol–water partition coefficient (Wildman–Crippen LogP) is 1.73. The van der Waals surface area contributed by atoms with Crippen molar-refractivity contribution in [1.29, 1.82) is 5.41 Å². The van der Waals surface area contributed by atoms with Gasteiger partial charge < -0.3 is 0 Å². The third-order valence-corrected chi connectivity index (χ3v) is 2.27. The Labute approximate surface area is 84.3 Å². The number of benzene rings is 1. The molecule has 13 heavy (non-hydrogen) atoms. The zero-order valence-electron chi connectivity index (χ0n) is 6.82. The van der Waals surface area contributed by atoms with E-state index in [0.717, 1.165) is 10.9 Å². The van der Waals surface area contributed by atoms with Crippen molar-refractivity contribution in [2.24, 2.45) is 0 Å². The van der Waals surface area contributed by atoms with Crippen molar-refractivity contribution in [3.05, 3.63) is 42.1 Å². The van der Waals surface area contributed by atoms with Crippen molar-refractivity contribution in [2.45, 2.75) is 0 Å². The molecule has 0 saturated heterocycles. The molecule has 2 aromatic rings. The number of pyridine rings is 1. The summed E-state index contributed by atoms with van der Waals surface area (Å²) < 4.78 is 0.380. The molecule has 0 amide bonds. The summed E-state index contributed by atoms with van der Waals surface area (Å²) in [6.07, 6.45) is 0. The molecule has 0 atom stereocenters. The minimum absolute atomic E-state index is 0.380. The van der Waals surface area contributed by atoms with E-state index >= 15 is 0 Å². The Balaban J connectivity index is 2.69. The van der Waals surface area contributed by atoms with Crippen LogP contribution in [0.1, 0.15) is 5.69 Å². The number of nitrogens with one attached hydrogen (secondary N) is 1. The van der Waals surface area contributed by atoms with Gasteiger partial charge in [-0.2, -0.15) is 0 Å². The van der Waals surface area contributed by atoms with Crippen molar-refractivity contribution in [2.75, 3.05) is 0 Å². The standard InChI is InChI=1S/C10H7N2Se/c11-10(13)9-6-5-7-3-1-2-4-8(7)12-9/h1-6,11H. The molecule has 3 heteroatoms. The molecule has 0 aliphatic heterocycles. The van der Waals surface area contributed by atoms with Gasteiger partial charge in [-0.05, 0) is 0 Å². The number of para-hydroxylation sites is 1. The molecule has 1 aromatic carbocycles. The van der Waals surface area contributed by atoms with Gasteiger partial charge in [0.1, 0.15) is 0 Å². The maximum absolute atomic E-state index is 7.39. The van der Waals surface area contributed by atoms with Crippen molar-refractivity contribution in [1.82, 2.24) is 4.98 Å². The molecule has 2 nitrogen and oxygen atoms in total. The quantitative estimate of drug-likeness (QED) is 0.592. The fraction of sp³-hybridized carbons (Fsp3) is 0. The molecule has 0 fully saturated rings. The van der Waals surface area contributed by atoms with E-state index in [-0.39, 0.29) is 0 Å². The average molecular weight is 234 g/mol. The summed E-state index contributed by atoms with van der Waals surface area (Å²) in [6, 6.07) is 11.7. The Morgan fingerprint density at radius 2 is 1.92 bits per heavy atom. The third kappa shape index (κ3) is 1.62. The molecule has 1 heterocycles. The fourth-order valence-corrected chi connectivity index (χ4v) is 1.43. The average Bonchev–Trinajstić information content (AvgIpc) is 2.17. The van der Waals surface area contributed by atoms with E-state index in [4.69, 9.17) is 5.41 Å². The van der Waals surface area contributed by atoms with Crippen molar-refractivity contribution in [3.63, 3.8) is 0 Å². The molecule has 0 aliphatic rings. The molecule has 0 aliphatic carbocycles. The minimum atomic E-state index is 0.380. The van der Waals surface area contributed by atoms with Crippen LogP contribution in [0.4, 0.5) is 0 Å². The number of hydrogen-bond acceptors (Lipinski definition) is 2. The molecule has 0 saturated carbocycles. The van der Waals surface area contributed by atoms with Crippen LogP contribution in [0.2, 0.25) is 0 Å². The molecule has 1 aromatic heterocycles. The van der Waals surface area contributed by atoms with E-state index in [0.29, 0.717) is 10.3 Å². The first-order chi connectivity index (χ1) is 6.27. The van der Waals surface area contributed by atoms with E-state index in [1.54, 1.807) is 0 Å². The van der Waals surface area contributed by atoms with Gasteiger partial charge in [0.25, 0.3) is 0 Å². The molecule has 63 valence electrons. The number of rotatable bonds is 1. The molecular formula is C10H7N2Se. The second-order valence-corrected chi connectivity index (χ2v) is 3.57. The summed E-state index contributed by atoms with van der Waals surface area (Å²) in [7, 11) is 0. The molecule has 2 rings (SSSR count). The summed E-state index contributed by atoms with van der Waals surface area (Å²) >= 11 is 2.64. The first kappa shape index (κ1) is 8.42. The maximum atomic E-state index is 7.39. The van der Waals surface area contributed by atoms with Gasteiger partial charge in [-0.3, -0.25) is 0 Å². The Morgan fingerprint density at radius 3 is 2.69 bits per heavy atom. The van der Waals surface area contributed by atoms with Crippen molar-refractivity contribution >= 4 is 31.5 Å². The molecule has 0 spiro atoms. The Hall–Kier alpha value is -1.18. The van der Waals surface area contributed by atoms with Gasteiger partial charge >= 0.3 is 84.0 Å². The zero-order chi connectivity index (χ0) is 9.26. The van der Waals surface area contributed by atoms with Crippen LogP contribution in [0.25, 0.3) is 10.9 Å². The molecular weight excluding hydrogens is 227 g/mol. The molecule has 1 N–H and O–H groups in total. The Kier molecular flexibility index (Phi) is 2.13. The number of aromatic nitrogens is 1. The van der Waals surface area contributed by atoms with Crippen LogP contribution in [0.3, 0.4) is 0 Å². The monoisotopic (exact) mass is 235 g/mol. The molecule has 0 unspecified atom stereocenters. The predicted molar refractivity (Wildman–Crippen MR) is 54.3 cm³/mol. The zero-order valence-corrected chi connectivity index (χ0v) is 8.53. The Bertz CT molecular complexity index is 465. The van der Waals surface area contributed by atoms with Crippen LogP contribution in [0, 0.1) is 5.41 Å². The van der Waals surface area contributed by atoms with Crippen LogP contribution < -0.4 is 0 Å². The number of fused-ring (bicyclic) bond motifs is 1. The fourth-order valence-electron chi connectivity index (χ4n) is 1.19. The van der Waals surface area contributed by atoms with Gasteiger partial charge in [0.05, 0.1) is 0 Å². The van der Waals surface area contributed by atoms with Crippen LogP contribution in [0.5, 0.6) is 0 Å². The van der Waals surface area contributed by atoms with E-state index in [1.807, 2.05) is 36.4 Å². The molecule has 1 radical (unpaired) electrons. The molecule has 0 bridgehead atoms. The van der Waals surface area contributed by atoms with E-state index in [2.05, 4.69) is 21.0 Å². The second-order valence-electron chi connectivity index (χ2n) is 2.72. The van der Waals surface area contributed by atoms with Crippen LogP contribution in [-0.2, 0) is 0 Å². The van der Waals surface area contributed by atoms with E-state index < -0.39 is 0 Å². The van der Waals surface area contributed by atoms with E-state index in [1.165, 1.54) is 0 Å². The van der Waals surface area contributed by atoms with Gasteiger partial charge in [0.2, 0.25) is 0 Å². The summed E-state index contributed by atoms with van der Waals surface area (Å²) in [5, 5.41) is 8.50. The second kappa shape index (κ2) is 3.29. The van der Waals surface area contributed by atoms with Gasteiger partial charge in [-0.25, -0.2) is 0 Å². The third-order valence-electron chi connectivity index (χ3n) is 1.83. The van der Waals surface area contributed by atoms with Gasteiger partial charge in [0.15, 0.2) is 0 Å². The summed E-state index contributed by atoms with van der Waals surface area (Å²) in [6.45, 7) is 0. The first-order valence-corrected chi connectivity index (χ1v) is 4.75. The van der Waals surface area contributed by atoms with Crippen LogP contribution in [0.15, 0.2) is 36.4 Å². The van der Waals surface area contributed by atoms with Crippen molar-refractivity contribution in [3.8, 4) is 0 Å². The normalized spacial score (nSPS) is 10.2. The summed E-state index contributed by atoms with van der Waals surface area (Å²) in [5.41, 5.74) is 1.62. The van der Waals surface area contributed by atoms with Gasteiger partial charge in [0, 0.05) is 0 Å². The summed E-state index contributed by atoms with van der Waals surface area (Å²) in [4.78, 5) is 4.32. The topological polar surface area (TPSA) is 36.7 Å². The van der Waals surface area contributed by atoms with Crippen LogP contribution in [-0.4, -0.2) is 25.6 Å². The first-order valence-electron chi connectivity index (χ1n) is 3.89. The number of hydrogen-bond donors (Lipinski definition) is 1.